The van der Waals surface area contributed by atoms with E-state index >= 15 is 0 Å². The molecule has 1 aromatic heterocycles. The van der Waals surface area contributed by atoms with Gasteiger partial charge in [-0.05, 0) is 86.7 Å². The summed E-state index contributed by atoms with van der Waals surface area (Å²) in [5, 5.41) is 1.94. The van der Waals surface area contributed by atoms with Crippen molar-refractivity contribution >= 4 is 22.5 Å². The van der Waals surface area contributed by atoms with Crippen LogP contribution in [0.1, 0.15) is 30.9 Å². The number of aromatic amines is 1. The summed E-state index contributed by atoms with van der Waals surface area (Å²) in [6, 6.07) is 12.3. The third-order valence-electron chi connectivity index (χ3n) is 4.55. The summed E-state index contributed by atoms with van der Waals surface area (Å²) in [6.07, 6.45) is 3.03. The number of fused-ring (bicyclic) bond motifs is 1. The number of hydrogen-bond acceptors (Lipinski definition) is 2. The molecular weight excluding hydrogens is 332 g/mol. The van der Waals surface area contributed by atoms with Gasteiger partial charge in [0.05, 0.1) is 17.1 Å². The van der Waals surface area contributed by atoms with Crippen molar-refractivity contribution in [3.8, 4) is 17.0 Å². The average Bonchev–Trinajstić information content (AvgIpc) is 3.00. The van der Waals surface area contributed by atoms with Crippen molar-refractivity contribution in [1.29, 1.82) is 0 Å². The Morgan fingerprint density at radius 2 is 1.84 bits per heavy atom. The molecule has 0 aliphatic rings. The van der Waals surface area contributed by atoms with Gasteiger partial charge in [0, 0.05) is 11.1 Å². The Kier molecular flexibility index (Phi) is 5.67. The van der Waals surface area contributed by atoms with Gasteiger partial charge in [-0.2, -0.15) is 0 Å². The maximum atomic E-state index is 6.55. The highest BCUT2D eigenvalue weighted by Crippen LogP contribution is 2.37. The lowest BCUT2D eigenvalue weighted by molar-refractivity contribution is 0.340. The lowest BCUT2D eigenvalue weighted by atomic mass is 9.99. The van der Waals surface area contributed by atoms with E-state index in [1.165, 1.54) is 11.1 Å². The molecular formula is C21H25ClN2O. The summed E-state index contributed by atoms with van der Waals surface area (Å²) in [7, 11) is 0. The predicted octanol–water partition coefficient (Wildman–Crippen LogP) is 5.48. The molecule has 132 valence electrons. The smallest absolute Gasteiger partial charge is 0.119 e. The van der Waals surface area contributed by atoms with Gasteiger partial charge in [0.1, 0.15) is 5.75 Å². The zero-order chi connectivity index (χ0) is 17.8. The molecule has 3 aromatic rings. The zero-order valence-electron chi connectivity index (χ0n) is 14.9. The molecule has 25 heavy (non-hydrogen) atoms. The van der Waals surface area contributed by atoms with Crippen molar-refractivity contribution < 1.29 is 4.74 Å². The average molecular weight is 357 g/mol. The first kappa shape index (κ1) is 17.8. The molecule has 0 bridgehead atoms. The fourth-order valence-electron chi connectivity index (χ4n) is 3.29. The van der Waals surface area contributed by atoms with Crippen LogP contribution in [0, 0.1) is 6.92 Å². The number of unbranched alkanes of at least 4 members (excludes halogenated alkanes) is 1. The Morgan fingerprint density at radius 1 is 1.08 bits per heavy atom. The topological polar surface area (TPSA) is 51.0 Å². The standard InChI is InChI=1S/C21H25ClN2O/c1-3-25-16-10-8-15(9-11-16)21-17(6-4-5-13-23)19-18(22)12-7-14(2)20(19)24-21/h7-12,24H,3-6,13,23H2,1-2H3. The number of benzene rings is 2. The summed E-state index contributed by atoms with van der Waals surface area (Å²) in [6.45, 7) is 5.49. The zero-order valence-corrected chi connectivity index (χ0v) is 15.6. The fraction of sp³-hybridized carbons (Fsp3) is 0.333. The second-order valence-corrected chi connectivity index (χ2v) is 6.70. The minimum absolute atomic E-state index is 0.672. The number of halogens is 1. The first-order valence-electron chi connectivity index (χ1n) is 8.88. The summed E-state index contributed by atoms with van der Waals surface area (Å²) in [5.74, 6) is 0.890. The first-order valence-corrected chi connectivity index (χ1v) is 9.26. The van der Waals surface area contributed by atoms with Crippen LogP contribution < -0.4 is 10.5 Å². The van der Waals surface area contributed by atoms with Crippen molar-refractivity contribution in [2.24, 2.45) is 5.73 Å². The second-order valence-electron chi connectivity index (χ2n) is 6.30. The number of nitrogens with one attached hydrogen (secondary N) is 1. The van der Waals surface area contributed by atoms with Crippen molar-refractivity contribution in [1.82, 2.24) is 4.98 Å². The number of hydrogen-bond donors (Lipinski definition) is 2. The molecule has 3 N–H and O–H groups in total. The van der Waals surface area contributed by atoms with Crippen LogP contribution in [0.4, 0.5) is 0 Å². The van der Waals surface area contributed by atoms with E-state index in [1.807, 2.05) is 25.1 Å². The maximum Gasteiger partial charge on any atom is 0.119 e. The second kappa shape index (κ2) is 7.94. The molecule has 0 aliphatic heterocycles. The van der Waals surface area contributed by atoms with Crippen molar-refractivity contribution in [2.45, 2.75) is 33.1 Å². The molecule has 0 fully saturated rings. The summed E-state index contributed by atoms with van der Waals surface area (Å²) < 4.78 is 5.56. The molecule has 4 heteroatoms. The molecule has 1 heterocycles. The van der Waals surface area contributed by atoms with E-state index in [0.717, 1.165) is 52.2 Å². The number of ether oxygens (including phenoxy) is 1. The lowest BCUT2D eigenvalue weighted by Gasteiger charge is -2.08. The molecule has 0 aliphatic carbocycles. The normalized spacial score (nSPS) is 11.2. The Bertz CT molecular complexity index is 852. The first-order chi connectivity index (χ1) is 12.2. The lowest BCUT2D eigenvalue weighted by Crippen LogP contribution is -1.99. The van der Waals surface area contributed by atoms with E-state index in [1.54, 1.807) is 0 Å². The van der Waals surface area contributed by atoms with Gasteiger partial charge in [0.2, 0.25) is 0 Å². The highest BCUT2D eigenvalue weighted by molar-refractivity contribution is 6.36. The minimum Gasteiger partial charge on any atom is -0.494 e. The van der Waals surface area contributed by atoms with E-state index in [2.05, 4.69) is 30.1 Å². The van der Waals surface area contributed by atoms with Gasteiger partial charge in [0.25, 0.3) is 0 Å². The van der Waals surface area contributed by atoms with Crippen LogP contribution in [0.5, 0.6) is 5.75 Å². The Balaban J connectivity index is 2.10. The molecule has 0 saturated heterocycles. The van der Waals surface area contributed by atoms with Crippen LogP contribution in [0.25, 0.3) is 22.2 Å². The molecule has 3 nitrogen and oxygen atoms in total. The molecule has 0 saturated carbocycles. The quantitative estimate of drug-likeness (QED) is 0.551. The Hall–Kier alpha value is -1.97. The van der Waals surface area contributed by atoms with Crippen LogP contribution in [-0.4, -0.2) is 18.1 Å². The number of aromatic nitrogens is 1. The predicted molar refractivity (Wildman–Crippen MR) is 107 cm³/mol. The molecule has 0 spiro atoms. The summed E-state index contributed by atoms with van der Waals surface area (Å²) >= 11 is 6.55. The molecule has 0 unspecified atom stereocenters. The molecule has 2 aromatic carbocycles. The van der Waals surface area contributed by atoms with Gasteiger partial charge in [-0.1, -0.05) is 17.7 Å². The van der Waals surface area contributed by atoms with Crippen LogP contribution in [0.2, 0.25) is 5.02 Å². The van der Waals surface area contributed by atoms with E-state index < -0.39 is 0 Å². The van der Waals surface area contributed by atoms with Gasteiger partial charge >= 0.3 is 0 Å². The van der Waals surface area contributed by atoms with Crippen LogP contribution in [-0.2, 0) is 6.42 Å². The van der Waals surface area contributed by atoms with Crippen LogP contribution in [0.15, 0.2) is 36.4 Å². The van der Waals surface area contributed by atoms with Crippen molar-refractivity contribution in [3.05, 3.63) is 52.5 Å². The highest BCUT2D eigenvalue weighted by Gasteiger charge is 2.16. The number of aryl methyl sites for hydroxylation is 2. The van der Waals surface area contributed by atoms with Crippen LogP contribution >= 0.6 is 11.6 Å². The van der Waals surface area contributed by atoms with E-state index in [-0.39, 0.29) is 0 Å². The maximum absolute atomic E-state index is 6.55. The van der Waals surface area contributed by atoms with E-state index in [9.17, 15) is 0 Å². The van der Waals surface area contributed by atoms with Gasteiger partial charge in [0.15, 0.2) is 0 Å². The van der Waals surface area contributed by atoms with Gasteiger partial charge < -0.3 is 15.5 Å². The Labute approximate surface area is 154 Å². The summed E-state index contributed by atoms with van der Waals surface area (Å²) in [5.41, 5.74) is 11.6. The molecule has 0 atom stereocenters. The number of H-pyrrole nitrogens is 1. The van der Waals surface area contributed by atoms with Gasteiger partial charge in [-0.15, -0.1) is 0 Å². The number of nitrogens with two attached hydrogens (primary N) is 1. The van der Waals surface area contributed by atoms with E-state index in [4.69, 9.17) is 22.1 Å². The van der Waals surface area contributed by atoms with Crippen molar-refractivity contribution in [3.63, 3.8) is 0 Å². The summed E-state index contributed by atoms with van der Waals surface area (Å²) in [4.78, 5) is 3.61. The van der Waals surface area contributed by atoms with Gasteiger partial charge in [-0.3, -0.25) is 0 Å². The molecule has 3 rings (SSSR count). The minimum atomic E-state index is 0.672. The molecule has 0 amide bonds. The monoisotopic (exact) mass is 356 g/mol. The fourth-order valence-corrected chi connectivity index (χ4v) is 3.56. The Morgan fingerprint density at radius 3 is 2.52 bits per heavy atom. The number of rotatable bonds is 7. The van der Waals surface area contributed by atoms with Crippen LogP contribution in [0.3, 0.4) is 0 Å². The largest absolute Gasteiger partial charge is 0.494 e. The van der Waals surface area contributed by atoms with E-state index in [0.29, 0.717) is 13.2 Å². The third-order valence-corrected chi connectivity index (χ3v) is 4.87. The highest BCUT2D eigenvalue weighted by atomic mass is 35.5. The SMILES string of the molecule is CCOc1ccc(-c2[nH]c3c(C)ccc(Cl)c3c2CCCCN)cc1. The molecule has 0 radical (unpaired) electrons. The van der Waals surface area contributed by atoms with Gasteiger partial charge in [-0.25, -0.2) is 0 Å². The van der Waals surface area contributed by atoms with Crippen molar-refractivity contribution in [2.75, 3.05) is 13.2 Å². The third kappa shape index (κ3) is 3.68.